The number of hydrogen-bond donors (Lipinski definition) is 2. The van der Waals surface area contributed by atoms with Crippen molar-refractivity contribution in [2.75, 3.05) is 6.61 Å². The number of aliphatic hydroxyl groups is 1. The molecular weight excluding hydrogens is 279 g/mol. The standard InChI is InChI=1S/C10H13FN2O5S/c1-2-7(6-14)12-19(17,18)10-5-8(13(15)16)3-4-9(10)11/h3-5,7,12,14H,2,6H2,1H3. The maximum absolute atomic E-state index is 13.5. The van der Waals surface area contributed by atoms with Gasteiger partial charge in [0.15, 0.2) is 0 Å². The largest absolute Gasteiger partial charge is 0.395 e. The molecule has 1 aromatic carbocycles. The van der Waals surface area contributed by atoms with Gasteiger partial charge in [0.05, 0.1) is 11.5 Å². The number of sulfonamides is 1. The molecular formula is C10H13FN2O5S. The molecule has 0 fully saturated rings. The summed E-state index contributed by atoms with van der Waals surface area (Å²) in [5, 5.41) is 19.5. The first-order valence-corrected chi connectivity index (χ1v) is 6.87. The van der Waals surface area contributed by atoms with E-state index in [9.17, 15) is 22.9 Å². The van der Waals surface area contributed by atoms with Gasteiger partial charge in [-0.15, -0.1) is 0 Å². The van der Waals surface area contributed by atoms with Gasteiger partial charge in [-0.25, -0.2) is 17.5 Å². The Kier molecular flexibility index (Phi) is 4.92. The van der Waals surface area contributed by atoms with Crippen molar-refractivity contribution in [1.29, 1.82) is 0 Å². The number of nitro groups is 1. The second-order valence-electron chi connectivity index (χ2n) is 3.78. The smallest absolute Gasteiger partial charge is 0.270 e. The summed E-state index contributed by atoms with van der Waals surface area (Å²) in [6.07, 6.45) is 0.298. The predicted molar refractivity (Wildman–Crippen MR) is 64.5 cm³/mol. The highest BCUT2D eigenvalue weighted by molar-refractivity contribution is 7.89. The fourth-order valence-electron chi connectivity index (χ4n) is 1.34. The molecule has 1 aromatic rings. The number of benzene rings is 1. The molecule has 2 N–H and O–H groups in total. The minimum atomic E-state index is -4.26. The molecule has 1 rings (SSSR count). The molecule has 0 saturated heterocycles. The minimum absolute atomic E-state index is 0.298. The van der Waals surface area contributed by atoms with E-state index in [1.54, 1.807) is 6.92 Å². The zero-order chi connectivity index (χ0) is 14.6. The van der Waals surface area contributed by atoms with Crippen molar-refractivity contribution in [3.05, 3.63) is 34.1 Å². The van der Waals surface area contributed by atoms with Gasteiger partial charge in [-0.05, 0) is 12.5 Å². The van der Waals surface area contributed by atoms with Crippen molar-refractivity contribution < 1.29 is 22.8 Å². The highest BCUT2D eigenvalue weighted by Crippen LogP contribution is 2.21. The van der Waals surface area contributed by atoms with Crippen molar-refractivity contribution >= 4 is 15.7 Å². The van der Waals surface area contributed by atoms with E-state index >= 15 is 0 Å². The summed E-state index contributed by atoms with van der Waals surface area (Å²) in [6.45, 7) is 1.18. The summed E-state index contributed by atoms with van der Waals surface area (Å²) in [7, 11) is -4.26. The van der Waals surface area contributed by atoms with E-state index in [4.69, 9.17) is 5.11 Å². The zero-order valence-electron chi connectivity index (χ0n) is 10.0. The summed E-state index contributed by atoms with van der Waals surface area (Å²) in [5.74, 6) is -1.09. The van der Waals surface area contributed by atoms with Crippen LogP contribution in [0.4, 0.5) is 10.1 Å². The summed E-state index contributed by atoms with van der Waals surface area (Å²) in [4.78, 5) is 8.92. The normalized spacial score (nSPS) is 13.2. The summed E-state index contributed by atoms with van der Waals surface area (Å²) in [5.41, 5.74) is -0.529. The van der Waals surface area contributed by atoms with Crippen LogP contribution in [0.15, 0.2) is 23.1 Å². The second kappa shape index (κ2) is 6.04. The molecule has 106 valence electrons. The maximum Gasteiger partial charge on any atom is 0.270 e. The monoisotopic (exact) mass is 292 g/mol. The van der Waals surface area contributed by atoms with E-state index in [0.717, 1.165) is 6.07 Å². The van der Waals surface area contributed by atoms with Crippen LogP contribution in [0, 0.1) is 15.9 Å². The quantitative estimate of drug-likeness (QED) is 0.595. The Morgan fingerprint density at radius 2 is 2.16 bits per heavy atom. The molecule has 1 unspecified atom stereocenters. The molecule has 0 aliphatic carbocycles. The maximum atomic E-state index is 13.5. The molecule has 0 bridgehead atoms. The average Bonchev–Trinajstić information content (AvgIpc) is 2.35. The van der Waals surface area contributed by atoms with Gasteiger partial charge in [-0.2, -0.15) is 0 Å². The topological polar surface area (TPSA) is 110 Å². The third kappa shape index (κ3) is 3.69. The fraction of sp³-hybridized carbons (Fsp3) is 0.400. The van der Waals surface area contributed by atoms with Gasteiger partial charge in [0.2, 0.25) is 10.0 Å². The van der Waals surface area contributed by atoms with Gasteiger partial charge in [0.1, 0.15) is 10.7 Å². The van der Waals surface area contributed by atoms with Gasteiger partial charge in [-0.3, -0.25) is 10.1 Å². The number of non-ortho nitro benzene ring substituents is 1. The molecule has 0 saturated carbocycles. The average molecular weight is 292 g/mol. The lowest BCUT2D eigenvalue weighted by Crippen LogP contribution is -2.37. The van der Waals surface area contributed by atoms with Crippen LogP contribution in [0.3, 0.4) is 0 Å². The molecule has 0 heterocycles. The van der Waals surface area contributed by atoms with Crippen LogP contribution >= 0.6 is 0 Å². The SMILES string of the molecule is CCC(CO)NS(=O)(=O)c1cc([N+](=O)[O-])ccc1F. The van der Waals surface area contributed by atoms with Crippen LogP contribution in [0.25, 0.3) is 0 Å². The van der Waals surface area contributed by atoms with Crippen LogP contribution in [0.1, 0.15) is 13.3 Å². The Morgan fingerprint density at radius 3 is 2.63 bits per heavy atom. The van der Waals surface area contributed by atoms with E-state index in [1.807, 2.05) is 0 Å². The Hall–Kier alpha value is -1.58. The van der Waals surface area contributed by atoms with Crippen molar-refractivity contribution in [2.24, 2.45) is 0 Å². The third-order valence-corrected chi connectivity index (χ3v) is 3.99. The summed E-state index contributed by atoms with van der Waals surface area (Å²) in [6, 6.07) is 1.45. The Morgan fingerprint density at radius 1 is 1.53 bits per heavy atom. The highest BCUT2D eigenvalue weighted by atomic mass is 32.2. The Bertz CT molecular complexity index is 571. The minimum Gasteiger partial charge on any atom is -0.395 e. The first-order valence-electron chi connectivity index (χ1n) is 5.39. The van der Waals surface area contributed by atoms with Gasteiger partial charge in [0, 0.05) is 18.2 Å². The van der Waals surface area contributed by atoms with Crippen LogP contribution in [0.2, 0.25) is 0 Å². The van der Waals surface area contributed by atoms with Crippen LogP contribution in [-0.4, -0.2) is 31.1 Å². The molecule has 0 radical (unpaired) electrons. The first-order chi connectivity index (χ1) is 8.81. The third-order valence-electron chi connectivity index (χ3n) is 2.45. The van der Waals surface area contributed by atoms with Crippen LogP contribution in [0.5, 0.6) is 0 Å². The van der Waals surface area contributed by atoms with Crippen molar-refractivity contribution in [1.82, 2.24) is 4.72 Å². The molecule has 1 atom stereocenters. The van der Waals surface area contributed by atoms with Crippen molar-refractivity contribution in [3.8, 4) is 0 Å². The Labute approximate surface area is 109 Å². The number of hydrogen-bond acceptors (Lipinski definition) is 5. The highest BCUT2D eigenvalue weighted by Gasteiger charge is 2.24. The van der Waals surface area contributed by atoms with Gasteiger partial charge >= 0.3 is 0 Å². The molecule has 9 heteroatoms. The fourth-order valence-corrected chi connectivity index (χ4v) is 2.75. The predicted octanol–water partition coefficient (Wildman–Crippen LogP) is 0.783. The lowest BCUT2D eigenvalue weighted by molar-refractivity contribution is -0.385. The summed E-state index contributed by atoms with van der Waals surface area (Å²) >= 11 is 0. The van der Waals surface area contributed by atoms with Gasteiger partial charge in [-0.1, -0.05) is 6.92 Å². The number of nitrogens with one attached hydrogen (secondary N) is 1. The van der Waals surface area contributed by atoms with E-state index in [0.29, 0.717) is 18.6 Å². The molecule has 0 aliphatic rings. The Balaban J connectivity index is 3.20. The number of halogens is 1. The van der Waals surface area contributed by atoms with Crippen molar-refractivity contribution in [3.63, 3.8) is 0 Å². The van der Waals surface area contributed by atoms with Crippen LogP contribution < -0.4 is 4.72 Å². The van der Waals surface area contributed by atoms with E-state index in [-0.39, 0.29) is 0 Å². The molecule has 7 nitrogen and oxygen atoms in total. The summed E-state index contributed by atoms with van der Waals surface area (Å²) < 4.78 is 39.3. The lowest BCUT2D eigenvalue weighted by Gasteiger charge is -2.14. The van der Waals surface area contributed by atoms with Gasteiger partial charge in [0.25, 0.3) is 5.69 Å². The van der Waals surface area contributed by atoms with Gasteiger partial charge < -0.3 is 5.11 Å². The number of nitrogens with zero attached hydrogens (tertiary/aromatic N) is 1. The number of rotatable bonds is 6. The van der Waals surface area contributed by atoms with Crippen LogP contribution in [-0.2, 0) is 10.0 Å². The molecule has 0 amide bonds. The number of nitro benzene ring substituents is 1. The molecule has 19 heavy (non-hydrogen) atoms. The van der Waals surface area contributed by atoms with Crippen molar-refractivity contribution in [2.45, 2.75) is 24.3 Å². The molecule has 0 spiro atoms. The zero-order valence-corrected chi connectivity index (χ0v) is 10.9. The second-order valence-corrected chi connectivity index (χ2v) is 5.46. The molecule has 0 aliphatic heterocycles. The first kappa shape index (κ1) is 15.5. The lowest BCUT2D eigenvalue weighted by atomic mass is 10.3. The van der Waals surface area contributed by atoms with E-state index < -0.39 is 44.0 Å². The number of aliphatic hydroxyl groups excluding tert-OH is 1. The van der Waals surface area contributed by atoms with E-state index in [1.165, 1.54) is 0 Å². The molecule has 0 aromatic heterocycles. The van der Waals surface area contributed by atoms with E-state index in [2.05, 4.69) is 4.72 Å².